The summed E-state index contributed by atoms with van der Waals surface area (Å²) < 4.78 is 1.08. The van der Waals surface area contributed by atoms with E-state index in [1.807, 2.05) is 24.4 Å². The lowest BCUT2D eigenvalue weighted by atomic mass is 10.2. The Morgan fingerprint density at radius 2 is 2.36 bits per heavy atom. The number of rotatable bonds is 0. The number of hydrogen-bond donors (Lipinski definition) is 1. The Bertz CT molecular complexity index is 307. The van der Waals surface area contributed by atoms with Gasteiger partial charge in [0.25, 0.3) is 0 Å². The highest BCUT2D eigenvalue weighted by atomic mass is 79.9. The molecule has 0 atom stereocenters. The van der Waals surface area contributed by atoms with Crippen molar-refractivity contribution in [1.82, 2.24) is 0 Å². The van der Waals surface area contributed by atoms with Crippen molar-refractivity contribution in [2.45, 2.75) is 0 Å². The standard InChI is InChI=1S/C8H7BrN2/c9-6-2-1-3-7-8(6)11-5-4-10-7/h1-4,11H,5H2. The van der Waals surface area contributed by atoms with E-state index in [1.54, 1.807) is 0 Å². The smallest absolute Gasteiger partial charge is 0.0869 e. The average Bonchev–Trinajstić information content (AvgIpc) is 2.06. The number of para-hydroxylation sites is 1. The number of aliphatic imine (C=N–C) groups is 1. The summed E-state index contributed by atoms with van der Waals surface area (Å²) in [5.41, 5.74) is 2.10. The molecule has 56 valence electrons. The summed E-state index contributed by atoms with van der Waals surface area (Å²) in [6.07, 6.45) is 1.87. The normalized spacial score (nSPS) is 13.9. The van der Waals surface area contributed by atoms with Crippen molar-refractivity contribution in [2.75, 3.05) is 11.9 Å². The van der Waals surface area contributed by atoms with Crippen molar-refractivity contribution in [2.24, 2.45) is 4.99 Å². The zero-order valence-corrected chi connectivity index (χ0v) is 7.43. The van der Waals surface area contributed by atoms with Crippen molar-refractivity contribution in [3.63, 3.8) is 0 Å². The van der Waals surface area contributed by atoms with Gasteiger partial charge < -0.3 is 5.32 Å². The summed E-state index contributed by atoms with van der Waals surface area (Å²) >= 11 is 3.45. The second kappa shape index (κ2) is 2.66. The largest absolute Gasteiger partial charge is 0.377 e. The number of nitrogens with one attached hydrogen (secondary N) is 1. The lowest BCUT2D eigenvalue weighted by Gasteiger charge is -2.12. The van der Waals surface area contributed by atoms with Gasteiger partial charge in [-0.2, -0.15) is 0 Å². The molecule has 1 N–H and O–H groups in total. The number of halogens is 1. The van der Waals surface area contributed by atoms with Crippen molar-refractivity contribution in [3.8, 4) is 0 Å². The Morgan fingerprint density at radius 3 is 3.18 bits per heavy atom. The molecule has 0 saturated heterocycles. The second-order valence-corrected chi connectivity index (χ2v) is 3.18. The van der Waals surface area contributed by atoms with Crippen molar-refractivity contribution in [3.05, 3.63) is 22.7 Å². The van der Waals surface area contributed by atoms with E-state index < -0.39 is 0 Å². The van der Waals surface area contributed by atoms with Crippen LogP contribution >= 0.6 is 15.9 Å². The van der Waals surface area contributed by atoms with Gasteiger partial charge in [0.1, 0.15) is 0 Å². The maximum atomic E-state index is 4.24. The van der Waals surface area contributed by atoms with Crippen LogP contribution in [0.3, 0.4) is 0 Å². The Kier molecular flexibility index (Phi) is 1.66. The summed E-state index contributed by atoms with van der Waals surface area (Å²) in [7, 11) is 0. The van der Waals surface area contributed by atoms with Crippen LogP contribution in [0.1, 0.15) is 0 Å². The first-order valence-corrected chi connectivity index (χ1v) is 4.22. The van der Waals surface area contributed by atoms with Crippen LogP contribution in [0.2, 0.25) is 0 Å². The maximum absolute atomic E-state index is 4.24. The molecule has 0 aromatic heterocycles. The molecule has 1 aliphatic rings. The van der Waals surface area contributed by atoms with Crippen LogP contribution in [-0.4, -0.2) is 12.8 Å². The fourth-order valence-electron chi connectivity index (χ4n) is 1.09. The molecule has 0 unspecified atom stereocenters. The van der Waals surface area contributed by atoms with Gasteiger partial charge in [-0.25, -0.2) is 0 Å². The van der Waals surface area contributed by atoms with E-state index in [-0.39, 0.29) is 0 Å². The third kappa shape index (κ3) is 1.16. The minimum absolute atomic E-state index is 0.815. The van der Waals surface area contributed by atoms with Crippen LogP contribution in [0.5, 0.6) is 0 Å². The monoisotopic (exact) mass is 210 g/mol. The Balaban J connectivity index is 2.60. The molecule has 1 heterocycles. The summed E-state index contributed by atoms with van der Waals surface area (Å²) in [6, 6.07) is 5.97. The first-order valence-electron chi connectivity index (χ1n) is 3.43. The number of fused-ring (bicyclic) bond motifs is 1. The first-order chi connectivity index (χ1) is 5.38. The lowest BCUT2D eigenvalue weighted by Crippen LogP contribution is -2.06. The zero-order valence-electron chi connectivity index (χ0n) is 5.84. The molecule has 1 aromatic rings. The third-order valence-electron chi connectivity index (χ3n) is 1.59. The van der Waals surface area contributed by atoms with Gasteiger partial charge in [0.2, 0.25) is 0 Å². The predicted octanol–water partition coefficient (Wildman–Crippen LogP) is 2.58. The van der Waals surface area contributed by atoms with Gasteiger partial charge in [-0.3, -0.25) is 4.99 Å². The molecule has 2 rings (SSSR count). The van der Waals surface area contributed by atoms with Crippen molar-refractivity contribution >= 4 is 33.5 Å². The van der Waals surface area contributed by atoms with Gasteiger partial charge in [-0.1, -0.05) is 6.07 Å². The molecule has 1 aliphatic heterocycles. The van der Waals surface area contributed by atoms with Gasteiger partial charge in [0.15, 0.2) is 0 Å². The number of benzene rings is 1. The van der Waals surface area contributed by atoms with Gasteiger partial charge >= 0.3 is 0 Å². The molecule has 1 aromatic carbocycles. The Hall–Kier alpha value is -0.830. The highest BCUT2D eigenvalue weighted by Crippen LogP contribution is 2.33. The molecule has 11 heavy (non-hydrogen) atoms. The first kappa shape index (κ1) is 6.85. The number of hydrogen-bond acceptors (Lipinski definition) is 2. The fourth-order valence-corrected chi connectivity index (χ4v) is 1.58. The molecule has 2 nitrogen and oxygen atoms in total. The van der Waals surface area contributed by atoms with Crippen molar-refractivity contribution < 1.29 is 0 Å². The molecule has 0 amide bonds. The van der Waals surface area contributed by atoms with Crippen LogP contribution in [0, 0.1) is 0 Å². The third-order valence-corrected chi connectivity index (χ3v) is 2.25. The highest BCUT2D eigenvalue weighted by molar-refractivity contribution is 9.10. The van der Waals surface area contributed by atoms with Gasteiger partial charge in [0.05, 0.1) is 17.9 Å². The molecule has 0 spiro atoms. The van der Waals surface area contributed by atoms with E-state index in [2.05, 4.69) is 26.2 Å². The summed E-state index contributed by atoms with van der Waals surface area (Å²) in [6.45, 7) is 0.815. The van der Waals surface area contributed by atoms with E-state index >= 15 is 0 Å². The summed E-state index contributed by atoms with van der Waals surface area (Å²) in [5, 5.41) is 3.23. The molecular formula is C8H7BrN2. The molecule has 0 aliphatic carbocycles. The molecule has 0 fully saturated rings. The van der Waals surface area contributed by atoms with Gasteiger partial charge in [0, 0.05) is 10.7 Å². The molecule has 0 radical (unpaired) electrons. The van der Waals surface area contributed by atoms with Crippen LogP contribution < -0.4 is 5.32 Å². The zero-order chi connectivity index (χ0) is 7.68. The van der Waals surface area contributed by atoms with Crippen LogP contribution in [0.15, 0.2) is 27.7 Å². The SMILES string of the molecule is Brc1cccc2c1NCC=N2. The average molecular weight is 211 g/mol. The molecule has 0 saturated carbocycles. The van der Waals surface area contributed by atoms with Crippen LogP contribution in [0.4, 0.5) is 11.4 Å². The quantitative estimate of drug-likeness (QED) is 0.700. The van der Waals surface area contributed by atoms with E-state index in [4.69, 9.17) is 0 Å². The minimum atomic E-state index is 0.815. The molecule has 0 bridgehead atoms. The highest BCUT2D eigenvalue weighted by Gasteiger charge is 2.06. The second-order valence-electron chi connectivity index (χ2n) is 2.33. The number of nitrogens with zero attached hydrogens (tertiary/aromatic N) is 1. The summed E-state index contributed by atoms with van der Waals surface area (Å²) in [4.78, 5) is 4.24. The molecular weight excluding hydrogens is 204 g/mol. The van der Waals surface area contributed by atoms with E-state index in [9.17, 15) is 0 Å². The topological polar surface area (TPSA) is 24.4 Å². The lowest BCUT2D eigenvalue weighted by molar-refractivity contribution is 1.32. The molecule has 3 heteroatoms. The van der Waals surface area contributed by atoms with Gasteiger partial charge in [-0.05, 0) is 28.1 Å². The van der Waals surface area contributed by atoms with Crippen molar-refractivity contribution in [1.29, 1.82) is 0 Å². The van der Waals surface area contributed by atoms with Crippen LogP contribution in [-0.2, 0) is 0 Å². The number of anilines is 1. The Labute approximate surface area is 73.5 Å². The maximum Gasteiger partial charge on any atom is 0.0869 e. The van der Waals surface area contributed by atoms with E-state index in [0.29, 0.717) is 0 Å². The van der Waals surface area contributed by atoms with E-state index in [0.717, 1.165) is 22.4 Å². The van der Waals surface area contributed by atoms with Crippen LogP contribution in [0.25, 0.3) is 0 Å². The Morgan fingerprint density at radius 1 is 1.45 bits per heavy atom. The van der Waals surface area contributed by atoms with E-state index in [1.165, 1.54) is 0 Å². The van der Waals surface area contributed by atoms with Gasteiger partial charge in [-0.15, -0.1) is 0 Å². The summed E-state index contributed by atoms with van der Waals surface area (Å²) in [5.74, 6) is 0. The predicted molar refractivity (Wildman–Crippen MR) is 50.8 cm³/mol. The minimum Gasteiger partial charge on any atom is -0.377 e. The fraction of sp³-hybridized carbons (Fsp3) is 0.125.